The number of fused-ring (bicyclic) bond motifs is 3. The quantitative estimate of drug-likeness (QED) is 0.433. The topological polar surface area (TPSA) is 80.9 Å². The summed E-state index contributed by atoms with van der Waals surface area (Å²) in [7, 11) is 0. The van der Waals surface area contributed by atoms with Gasteiger partial charge in [-0.2, -0.15) is 0 Å². The number of ether oxygens (including phenoxy) is 1. The van der Waals surface area contributed by atoms with Gasteiger partial charge < -0.3 is 9.84 Å². The van der Waals surface area contributed by atoms with Crippen LogP contribution >= 0.6 is 11.3 Å². The minimum absolute atomic E-state index is 0.102. The molecule has 3 aromatic carbocycles. The number of aryl methyl sites for hydroxylation is 1. The minimum atomic E-state index is -0.979. The van der Waals surface area contributed by atoms with Gasteiger partial charge in [0.25, 0.3) is 5.56 Å². The number of nitrogens with zero attached hydrogens (tertiary/aromatic N) is 2. The van der Waals surface area contributed by atoms with E-state index in [0.29, 0.717) is 15.9 Å². The van der Waals surface area contributed by atoms with Crippen molar-refractivity contribution in [3.8, 4) is 5.75 Å². The van der Waals surface area contributed by atoms with Crippen LogP contribution in [0.4, 0.5) is 0 Å². The second-order valence-electron chi connectivity index (χ2n) is 9.04. The van der Waals surface area contributed by atoms with Gasteiger partial charge in [-0.15, -0.1) is 0 Å². The maximum absolute atomic E-state index is 13.8. The molecule has 1 N–H and O–H groups in total. The predicted octanol–water partition coefficient (Wildman–Crippen LogP) is 4.42. The van der Waals surface area contributed by atoms with Crippen LogP contribution in [0.3, 0.4) is 0 Å². The van der Waals surface area contributed by atoms with Crippen LogP contribution in [0.25, 0.3) is 11.8 Å². The van der Waals surface area contributed by atoms with Gasteiger partial charge in [-0.05, 0) is 72.4 Å². The van der Waals surface area contributed by atoms with E-state index in [1.54, 1.807) is 24.3 Å². The van der Waals surface area contributed by atoms with Gasteiger partial charge in [-0.25, -0.2) is 9.79 Å². The molecule has 1 aliphatic heterocycles. The van der Waals surface area contributed by atoms with E-state index < -0.39 is 5.97 Å². The van der Waals surface area contributed by atoms with E-state index >= 15 is 0 Å². The molecule has 6 rings (SSSR count). The van der Waals surface area contributed by atoms with Gasteiger partial charge in [-0.1, -0.05) is 59.9 Å². The SMILES string of the molecule is CCOc1ccc(C2C3=C(N=c4sc(=Cc5ccc(C(=O)O)cc5)c(=O)n42)c2ccccc2CC3)cc1. The molecule has 0 bridgehead atoms. The van der Waals surface area contributed by atoms with Gasteiger partial charge in [0.15, 0.2) is 4.80 Å². The normalized spacial score (nSPS) is 16.5. The monoisotopic (exact) mass is 508 g/mol. The fourth-order valence-electron chi connectivity index (χ4n) is 5.11. The van der Waals surface area contributed by atoms with Crippen molar-refractivity contribution in [2.24, 2.45) is 4.99 Å². The summed E-state index contributed by atoms with van der Waals surface area (Å²) in [6, 6.07) is 22.6. The highest BCUT2D eigenvalue weighted by Gasteiger charge is 2.32. The first kappa shape index (κ1) is 23.2. The number of aromatic nitrogens is 1. The zero-order chi connectivity index (χ0) is 25.5. The first-order chi connectivity index (χ1) is 18.0. The number of rotatable bonds is 5. The summed E-state index contributed by atoms with van der Waals surface area (Å²) in [4.78, 5) is 30.7. The Labute approximate surface area is 217 Å². The molecule has 4 aromatic rings. The van der Waals surface area contributed by atoms with E-state index in [1.807, 2.05) is 47.9 Å². The lowest BCUT2D eigenvalue weighted by Gasteiger charge is -2.30. The van der Waals surface area contributed by atoms with Gasteiger partial charge in [-0.3, -0.25) is 9.36 Å². The van der Waals surface area contributed by atoms with Crippen molar-refractivity contribution in [3.05, 3.63) is 126 Å². The zero-order valence-electron chi connectivity index (χ0n) is 20.2. The number of hydrogen-bond donors (Lipinski definition) is 1. The smallest absolute Gasteiger partial charge is 0.335 e. The highest BCUT2D eigenvalue weighted by molar-refractivity contribution is 7.07. The van der Waals surface area contributed by atoms with Crippen molar-refractivity contribution >= 4 is 29.1 Å². The summed E-state index contributed by atoms with van der Waals surface area (Å²) in [6.07, 6.45) is 3.54. The number of hydrogen-bond acceptors (Lipinski definition) is 5. The molecule has 1 unspecified atom stereocenters. The van der Waals surface area contributed by atoms with Crippen molar-refractivity contribution in [2.75, 3.05) is 6.61 Å². The lowest BCUT2D eigenvalue weighted by molar-refractivity contribution is 0.0697. The zero-order valence-corrected chi connectivity index (χ0v) is 21.0. The third kappa shape index (κ3) is 4.11. The highest BCUT2D eigenvalue weighted by Crippen LogP contribution is 2.41. The van der Waals surface area contributed by atoms with Crippen LogP contribution in [0.1, 0.15) is 52.0 Å². The molecule has 0 amide bonds. The summed E-state index contributed by atoms with van der Waals surface area (Å²) in [5, 5.41) is 9.19. The molecule has 2 heterocycles. The number of thiazole rings is 1. The third-order valence-corrected chi connectivity index (χ3v) is 7.82. The Balaban J connectivity index is 1.54. The van der Waals surface area contributed by atoms with E-state index in [1.165, 1.54) is 16.9 Å². The average Bonchev–Trinajstić information content (AvgIpc) is 3.22. The Morgan fingerprint density at radius 3 is 2.57 bits per heavy atom. The van der Waals surface area contributed by atoms with Crippen LogP contribution in [0, 0.1) is 0 Å². The second kappa shape index (κ2) is 9.33. The molecule has 7 heteroatoms. The summed E-state index contributed by atoms with van der Waals surface area (Å²) in [5.74, 6) is -0.182. The molecular weight excluding hydrogens is 484 g/mol. The summed E-state index contributed by atoms with van der Waals surface area (Å²) in [5.41, 5.74) is 6.39. The second-order valence-corrected chi connectivity index (χ2v) is 10.1. The lowest BCUT2D eigenvalue weighted by atomic mass is 9.83. The van der Waals surface area contributed by atoms with Crippen molar-refractivity contribution in [1.29, 1.82) is 0 Å². The Bertz CT molecular complexity index is 1730. The molecule has 0 fully saturated rings. The van der Waals surface area contributed by atoms with Gasteiger partial charge in [0.05, 0.1) is 28.4 Å². The molecular formula is C30H24N2O4S. The van der Waals surface area contributed by atoms with Gasteiger partial charge in [0.2, 0.25) is 0 Å². The van der Waals surface area contributed by atoms with E-state index in [2.05, 4.69) is 18.2 Å². The largest absolute Gasteiger partial charge is 0.494 e. The molecule has 1 aliphatic carbocycles. The van der Waals surface area contributed by atoms with Gasteiger partial charge >= 0.3 is 5.97 Å². The number of carboxylic acids is 1. The van der Waals surface area contributed by atoms with Crippen LogP contribution in [-0.2, 0) is 6.42 Å². The van der Waals surface area contributed by atoms with Crippen LogP contribution < -0.4 is 19.6 Å². The summed E-state index contributed by atoms with van der Waals surface area (Å²) >= 11 is 1.36. The molecule has 1 atom stereocenters. The fourth-order valence-corrected chi connectivity index (χ4v) is 6.11. The van der Waals surface area contributed by atoms with E-state index in [9.17, 15) is 14.7 Å². The number of aromatic carboxylic acids is 1. The Hall–Kier alpha value is -4.23. The molecule has 37 heavy (non-hydrogen) atoms. The first-order valence-corrected chi connectivity index (χ1v) is 13.0. The predicted molar refractivity (Wildman–Crippen MR) is 144 cm³/mol. The lowest BCUT2D eigenvalue weighted by Crippen LogP contribution is -2.38. The Morgan fingerprint density at radius 1 is 1.08 bits per heavy atom. The van der Waals surface area contributed by atoms with E-state index in [4.69, 9.17) is 9.73 Å². The molecule has 0 spiro atoms. The van der Waals surface area contributed by atoms with Crippen LogP contribution in [-0.4, -0.2) is 22.2 Å². The number of carboxylic acid groups (broad SMARTS) is 1. The molecule has 2 aliphatic rings. The van der Waals surface area contributed by atoms with Crippen LogP contribution in [0.15, 0.2) is 88.2 Å². The summed E-state index contributed by atoms with van der Waals surface area (Å²) < 4.78 is 8.02. The maximum atomic E-state index is 13.8. The first-order valence-electron chi connectivity index (χ1n) is 12.2. The van der Waals surface area contributed by atoms with E-state index in [-0.39, 0.29) is 17.2 Å². The molecule has 0 saturated carbocycles. The van der Waals surface area contributed by atoms with Crippen molar-refractivity contribution in [2.45, 2.75) is 25.8 Å². The number of carbonyl (C=O) groups is 1. The number of allylic oxidation sites excluding steroid dienone is 1. The molecule has 1 aromatic heterocycles. The molecule has 6 nitrogen and oxygen atoms in total. The van der Waals surface area contributed by atoms with Crippen LogP contribution in [0.5, 0.6) is 5.75 Å². The van der Waals surface area contributed by atoms with Gasteiger partial charge in [0.1, 0.15) is 5.75 Å². The maximum Gasteiger partial charge on any atom is 0.335 e. The fraction of sp³-hybridized carbons (Fsp3) is 0.167. The standard InChI is InChI=1S/C30H24N2O4S/c1-2-36-22-14-11-20(12-15-22)27-24-16-13-19-5-3-4-6-23(19)26(24)31-30-32(27)28(33)25(37-30)17-18-7-9-21(10-8-18)29(34)35/h3-12,14-15,17,27H,2,13,16H2,1H3,(H,34,35). The van der Waals surface area contributed by atoms with E-state index in [0.717, 1.165) is 46.6 Å². The number of benzene rings is 3. The highest BCUT2D eigenvalue weighted by atomic mass is 32.1. The van der Waals surface area contributed by atoms with Crippen molar-refractivity contribution < 1.29 is 14.6 Å². The average molecular weight is 509 g/mol. The van der Waals surface area contributed by atoms with Crippen molar-refractivity contribution in [1.82, 2.24) is 4.57 Å². The minimum Gasteiger partial charge on any atom is -0.494 e. The Kier molecular flexibility index (Phi) is 5.85. The van der Waals surface area contributed by atoms with Crippen LogP contribution in [0.2, 0.25) is 0 Å². The van der Waals surface area contributed by atoms with Gasteiger partial charge in [0, 0.05) is 5.56 Å². The molecule has 0 radical (unpaired) electrons. The summed E-state index contributed by atoms with van der Waals surface area (Å²) in [6.45, 7) is 2.55. The molecule has 184 valence electrons. The van der Waals surface area contributed by atoms with Crippen molar-refractivity contribution in [3.63, 3.8) is 0 Å². The molecule has 0 saturated heterocycles. The third-order valence-electron chi connectivity index (χ3n) is 6.84. The Morgan fingerprint density at radius 2 is 1.84 bits per heavy atom.